The summed E-state index contributed by atoms with van der Waals surface area (Å²) >= 11 is 0. The highest BCUT2D eigenvalue weighted by Gasteiger charge is 2.32. The fourth-order valence-electron chi connectivity index (χ4n) is 3.15. The number of nitrogens with one attached hydrogen (secondary N) is 1. The fraction of sp³-hybridized carbons (Fsp3) is 0.786. The summed E-state index contributed by atoms with van der Waals surface area (Å²) < 4.78 is 2.07. The standard InChI is InChI=1S/C14H25N3/c1-5-12-9-13(17(4)16-12)8-11-6-7-14(15-3)10(11)2/h9-11,14-15H,5-8H2,1-4H3. The minimum atomic E-state index is 0.707. The smallest absolute Gasteiger partial charge is 0.0624 e. The van der Waals surface area contributed by atoms with E-state index in [-0.39, 0.29) is 0 Å². The molecule has 1 heterocycles. The van der Waals surface area contributed by atoms with Crippen LogP contribution in [0.25, 0.3) is 0 Å². The van der Waals surface area contributed by atoms with Gasteiger partial charge in [-0.25, -0.2) is 0 Å². The van der Waals surface area contributed by atoms with Crippen LogP contribution < -0.4 is 5.32 Å². The second-order valence-corrected chi connectivity index (χ2v) is 5.40. The molecule has 0 radical (unpaired) electrons. The number of aryl methyl sites for hydroxylation is 2. The zero-order valence-electron chi connectivity index (χ0n) is 11.5. The van der Waals surface area contributed by atoms with Gasteiger partial charge in [-0.05, 0) is 50.6 Å². The maximum atomic E-state index is 4.54. The van der Waals surface area contributed by atoms with Crippen LogP contribution in [0.4, 0.5) is 0 Å². The first-order valence-electron chi connectivity index (χ1n) is 6.84. The molecule has 0 spiro atoms. The average Bonchev–Trinajstić information content (AvgIpc) is 2.85. The third-order valence-electron chi connectivity index (χ3n) is 4.46. The second kappa shape index (κ2) is 5.21. The van der Waals surface area contributed by atoms with Gasteiger partial charge in [0.25, 0.3) is 0 Å². The molecular formula is C14H25N3. The lowest BCUT2D eigenvalue weighted by Gasteiger charge is -2.20. The van der Waals surface area contributed by atoms with Gasteiger partial charge >= 0.3 is 0 Å². The molecule has 0 aromatic carbocycles. The van der Waals surface area contributed by atoms with E-state index in [1.807, 2.05) is 0 Å². The molecule has 0 aliphatic heterocycles. The molecule has 2 rings (SSSR count). The van der Waals surface area contributed by atoms with Crippen LogP contribution >= 0.6 is 0 Å². The number of nitrogens with zero attached hydrogens (tertiary/aromatic N) is 2. The van der Waals surface area contributed by atoms with Gasteiger partial charge in [-0.3, -0.25) is 4.68 Å². The third-order valence-corrected chi connectivity index (χ3v) is 4.46. The summed E-state index contributed by atoms with van der Waals surface area (Å²) in [5.41, 5.74) is 2.62. The summed E-state index contributed by atoms with van der Waals surface area (Å²) in [6.45, 7) is 4.55. The largest absolute Gasteiger partial charge is 0.317 e. The first-order valence-corrected chi connectivity index (χ1v) is 6.84. The van der Waals surface area contributed by atoms with Gasteiger partial charge in [0.15, 0.2) is 0 Å². The Labute approximate surface area is 105 Å². The molecule has 0 saturated heterocycles. The summed E-state index contributed by atoms with van der Waals surface area (Å²) in [6.07, 6.45) is 4.89. The molecule has 1 saturated carbocycles. The summed E-state index contributed by atoms with van der Waals surface area (Å²) in [5, 5.41) is 7.97. The molecular weight excluding hydrogens is 210 g/mol. The Morgan fingerprint density at radius 1 is 1.47 bits per heavy atom. The van der Waals surface area contributed by atoms with Crippen LogP contribution in [-0.2, 0) is 19.9 Å². The van der Waals surface area contributed by atoms with Crippen molar-refractivity contribution in [2.75, 3.05) is 7.05 Å². The Morgan fingerprint density at radius 3 is 2.76 bits per heavy atom. The minimum Gasteiger partial charge on any atom is -0.317 e. The van der Waals surface area contributed by atoms with Crippen LogP contribution in [0.5, 0.6) is 0 Å². The van der Waals surface area contributed by atoms with Crippen molar-refractivity contribution in [1.82, 2.24) is 15.1 Å². The molecule has 3 nitrogen and oxygen atoms in total. The molecule has 1 aromatic rings. The maximum Gasteiger partial charge on any atom is 0.0624 e. The van der Waals surface area contributed by atoms with Crippen LogP contribution in [0.15, 0.2) is 6.07 Å². The van der Waals surface area contributed by atoms with Crippen molar-refractivity contribution >= 4 is 0 Å². The van der Waals surface area contributed by atoms with Crippen molar-refractivity contribution in [3.63, 3.8) is 0 Å². The lowest BCUT2D eigenvalue weighted by atomic mass is 9.91. The van der Waals surface area contributed by atoms with E-state index in [2.05, 4.69) is 49.1 Å². The Morgan fingerprint density at radius 2 is 2.24 bits per heavy atom. The van der Waals surface area contributed by atoms with Crippen LogP contribution in [0, 0.1) is 11.8 Å². The molecule has 1 aromatic heterocycles. The molecule has 3 atom stereocenters. The van der Waals surface area contributed by atoms with Crippen LogP contribution in [0.1, 0.15) is 38.1 Å². The Kier molecular flexibility index (Phi) is 3.87. The van der Waals surface area contributed by atoms with Crippen molar-refractivity contribution < 1.29 is 0 Å². The first-order chi connectivity index (χ1) is 8.15. The van der Waals surface area contributed by atoms with Gasteiger partial charge in [-0.1, -0.05) is 13.8 Å². The van der Waals surface area contributed by atoms with Crippen molar-refractivity contribution in [2.45, 2.75) is 45.6 Å². The molecule has 1 aliphatic carbocycles. The highest BCUT2D eigenvalue weighted by Crippen LogP contribution is 2.34. The van der Waals surface area contributed by atoms with Gasteiger partial charge in [0, 0.05) is 18.8 Å². The van der Waals surface area contributed by atoms with E-state index in [1.165, 1.54) is 30.7 Å². The summed E-state index contributed by atoms with van der Waals surface area (Å²) in [5.74, 6) is 1.59. The number of hydrogen-bond donors (Lipinski definition) is 1. The predicted octanol–water partition coefficient (Wildman–Crippen LogP) is 2.16. The summed E-state index contributed by atoms with van der Waals surface area (Å²) in [4.78, 5) is 0. The zero-order valence-corrected chi connectivity index (χ0v) is 11.5. The number of rotatable bonds is 4. The maximum absolute atomic E-state index is 4.54. The zero-order chi connectivity index (χ0) is 12.4. The van der Waals surface area contributed by atoms with E-state index >= 15 is 0 Å². The van der Waals surface area contributed by atoms with Gasteiger partial charge in [0.05, 0.1) is 5.69 Å². The topological polar surface area (TPSA) is 29.9 Å². The fourth-order valence-corrected chi connectivity index (χ4v) is 3.15. The Hall–Kier alpha value is -0.830. The molecule has 1 fully saturated rings. The lowest BCUT2D eigenvalue weighted by molar-refractivity contribution is 0.358. The third kappa shape index (κ3) is 2.54. The van der Waals surface area contributed by atoms with E-state index in [0.717, 1.165) is 18.3 Å². The molecule has 17 heavy (non-hydrogen) atoms. The summed E-state index contributed by atoms with van der Waals surface area (Å²) in [6, 6.07) is 2.98. The van der Waals surface area contributed by atoms with E-state index in [0.29, 0.717) is 6.04 Å². The highest BCUT2D eigenvalue weighted by molar-refractivity contribution is 5.11. The molecule has 1 N–H and O–H groups in total. The van der Waals surface area contributed by atoms with Gasteiger partial charge in [-0.15, -0.1) is 0 Å². The van der Waals surface area contributed by atoms with E-state index < -0.39 is 0 Å². The lowest BCUT2D eigenvalue weighted by Crippen LogP contribution is -2.29. The van der Waals surface area contributed by atoms with Gasteiger partial charge in [0.1, 0.15) is 0 Å². The van der Waals surface area contributed by atoms with Gasteiger partial charge < -0.3 is 5.32 Å². The molecule has 3 heteroatoms. The van der Waals surface area contributed by atoms with E-state index in [4.69, 9.17) is 0 Å². The van der Waals surface area contributed by atoms with Crippen molar-refractivity contribution in [3.05, 3.63) is 17.5 Å². The molecule has 0 amide bonds. The second-order valence-electron chi connectivity index (χ2n) is 5.40. The first kappa shape index (κ1) is 12.6. The van der Waals surface area contributed by atoms with Crippen LogP contribution in [-0.4, -0.2) is 22.9 Å². The number of hydrogen-bond acceptors (Lipinski definition) is 2. The number of aromatic nitrogens is 2. The molecule has 3 unspecified atom stereocenters. The van der Waals surface area contributed by atoms with Gasteiger partial charge in [-0.2, -0.15) is 5.10 Å². The SMILES string of the molecule is CCc1cc(CC2CCC(NC)C2C)n(C)n1. The normalized spacial score (nSPS) is 28.8. The van der Waals surface area contributed by atoms with Crippen molar-refractivity contribution in [3.8, 4) is 0 Å². The quantitative estimate of drug-likeness (QED) is 0.866. The summed E-state index contributed by atoms with van der Waals surface area (Å²) in [7, 11) is 4.16. The molecule has 1 aliphatic rings. The molecule has 96 valence electrons. The van der Waals surface area contributed by atoms with Gasteiger partial charge in [0.2, 0.25) is 0 Å². The molecule has 0 bridgehead atoms. The van der Waals surface area contributed by atoms with Crippen LogP contribution in [0.2, 0.25) is 0 Å². The van der Waals surface area contributed by atoms with Crippen molar-refractivity contribution in [2.24, 2.45) is 18.9 Å². The predicted molar refractivity (Wildman–Crippen MR) is 71.0 cm³/mol. The van der Waals surface area contributed by atoms with Crippen LogP contribution in [0.3, 0.4) is 0 Å². The van der Waals surface area contributed by atoms with E-state index in [1.54, 1.807) is 0 Å². The Balaban J connectivity index is 2.03. The van der Waals surface area contributed by atoms with Crippen molar-refractivity contribution in [1.29, 1.82) is 0 Å². The average molecular weight is 235 g/mol. The Bertz CT molecular complexity index is 370. The minimum absolute atomic E-state index is 0.707. The highest BCUT2D eigenvalue weighted by atomic mass is 15.3. The monoisotopic (exact) mass is 235 g/mol. The van der Waals surface area contributed by atoms with E-state index in [9.17, 15) is 0 Å².